The van der Waals surface area contributed by atoms with Crippen molar-refractivity contribution in [3.63, 3.8) is 0 Å². The first-order valence-corrected chi connectivity index (χ1v) is 16.6. The van der Waals surface area contributed by atoms with Crippen LogP contribution in [-0.4, -0.2) is 0 Å². The van der Waals surface area contributed by atoms with Gasteiger partial charge in [-0.3, -0.25) is 0 Å². The molecule has 0 bridgehead atoms. The molecule has 0 aliphatic rings. The Morgan fingerprint density at radius 3 is 1.55 bits per heavy atom. The van der Waals surface area contributed by atoms with Gasteiger partial charge in [0, 0.05) is 27.2 Å². The molecule has 8 aromatic carbocycles. The molecule has 0 radical (unpaired) electrons. The molecule has 0 atom stereocenters. The Labute approximate surface area is 282 Å². The summed E-state index contributed by atoms with van der Waals surface area (Å²) in [5.41, 5.74) is 11.1. The van der Waals surface area contributed by atoms with Gasteiger partial charge in [-0.1, -0.05) is 133 Å². The van der Waals surface area contributed by atoms with Crippen LogP contribution in [-0.2, 0) is 0 Å². The van der Waals surface area contributed by atoms with Crippen molar-refractivity contribution in [2.45, 2.75) is 0 Å². The zero-order valence-electron chi connectivity index (χ0n) is 26.5. The van der Waals surface area contributed by atoms with Crippen LogP contribution in [0.3, 0.4) is 0 Å². The smallest absolute Gasteiger partial charge is 0.159 e. The Balaban J connectivity index is 1.16. The molecule has 0 aliphatic heterocycles. The van der Waals surface area contributed by atoms with Crippen LogP contribution in [0.15, 0.2) is 185 Å². The molecule has 0 saturated carbocycles. The number of benzene rings is 8. The molecule has 0 fully saturated rings. The normalized spacial score (nSPS) is 11.7. The summed E-state index contributed by atoms with van der Waals surface area (Å²) in [6.45, 7) is 0. The van der Waals surface area contributed by atoms with Gasteiger partial charge < -0.3 is 13.7 Å². The lowest BCUT2D eigenvalue weighted by Gasteiger charge is -2.25. The minimum Gasteiger partial charge on any atom is -0.454 e. The number of hydrogen-bond acceptors (Lipinski definition) is 3. The van der Waals surface area contributed by atoms with Crippen molar-refractivity contribution in [3.8, 4) is 22.3 Å². The molecule has 0 N–H and O–H groups in total. The second kappa shape index (κ2) is 11.0. The van der Waals surface area contributed by atoms with Gasteiger partial charge in [0.15, 0.2) is 11.2 Å². The van der Waals surface area contributed by atoms with Crippen LogP contribution in [0.5, 0.6) is 0 Å². The van der Waals surface area contributed by atoms with Crippen LogP contribution in [0.1, 0.15) is 0 Å². The van der Waals surface area contributed by atoms with E-state index in [4.69, 9.17) is 8.83 Å². The molecule has 230 valence electrons. The fraction of sp³-hybridized carbons (Fsp3) is 0. The van der Waals surface area contributed by atoms with Gasteiger partial charge in [0.2, 0.25) is 0 Å². The molecule has 10 aromatic rings. The fourth-order valence-corrected chi connectivity index (χ4v) is 7.35. The quantitative estimate of drug-likeness (QED) is 0.190. The second-order valence-electron chi connectivity index (χ2n) is 12.5. The number of anilines is 3. The first-order valence-electron chi connectivity index (χ1n) is 16.6. The minimum absolute atomic E-state index is 0.837. The maximum absolute atomic E-state index is 6.59. The van der Waals surface area contributed by atoms with Gasteiger partial charge in [0.1, 0.15) is 11.2 Å². The predicted octanol–water partition coefficient (Wildman–Crippen LogP) is 13.4. The maximum Gasteiger partial charge on any atom is 0.159 e. The Bertz CT molecular complexity index is 2710. The third-order valence-corrected chi connectivity index (χ3v) is 9.67. The number of rotatable bonds is 5. The number of para-hydroxylation sites is 4. The molecule has 0 spiro atoms. The molecule has 3 nitrogen and oxygen atoms in total. The van der Waals surface area contributed by atoms with E-state index in [1.54, 1.807) is 0 Å². The Hall–Kier alpha value is -6.58. The molecular weight excluding hydrogens is 599 g/mol. The lowest BCUT2D eigenvalue weighted by Crippen LogP contribution is -2.10. The molecule has 0 amide bonds. The van der Waals surface area contributed by atoms with E-state index in [1.165, 1.54) is 27.5 Å². The lowest BCUT2D eigenvalue weighted by molar-refractivity contribution is 0.666. The molecule has 2 heterocycles. The van der Waals surface area contributed by atoms with E-state index in [0.717, 1.165) is 66.5 Å². The van der Waals surface area contributed by atoms with Crippen LogP contribution >= 0.6 is 0 Å². The number of furan rings is 2. The van der Waals surface area contributed by atoms with Crippen molar-refractivity contribution >= 4 is 71.7 Å². The highest BCUT2D eigenvalue weighted by molar-refractivity contribution is 6.14. The van der Waals surface area contributed by atoms with E-state index in [1.807, 2.05) is 24.3 Å². The highest BCUT2D eigenvalue weighted by atomic mass is 16.3. The minimum atomic E-state index is 0.837. The highest BCUT2D eigenvalue weighted by Crippen LogP contribution is 2.46. The van der Waals surface area contributed by atoms with Crippen molar-refractivity contribution in [1.29, 1.82) is 0 Å². The molecule has 0 unspecified atom stereocenters. The summed E-state index contributed by atoms with van der Waals surface area (Å²) >= 11 is 0. The van der Waals surface area contributed by atoms with Crippen molar-refractivity contribution in [2.75, 3.05) is 4.90 Å². The van der Waals surface area contributed by atoms with Crippen LogP contribution in [0, 0.1) is 0 Å². The summed E-state index contributed by atoms with van der Waals surface area (Å²) in [7, 11) is 0. The summed E-state index contributed by atoms with van der Waals surface area (Å²) in [6, 6.07) is 62.0. The third kappa shape index (κ3) is 4.44. The molecule has 49 heavy (non-hydrogen) atoms. The summed E-state index contributed by atoms with van der Waals surface area (Å²) in [5, 5.41) is 6.83. The van der Waals surface area contributed by atoms with E-state index < -0.39 is 0 Å². The van der Waals surface area contributed by atoms with E-state index in [9.17, 15) is 0 Å². The van der Waals surface area contributed by atoms with Gasteiger partial charge in [-0.05, 0) is 75.5 Å². The van der Waals surface area contributed by atoms with Crippen LogP contribution < -0.4 is 4.90 Å². The monoisotopic (exact) mass is 627 g/mol. The predicted molar refractivity (Wildman–Crippen MR) is 204 cm³/mol. The van der Waals surface area contributed by atoms with Crippen LogP contribution in [0.25, 0.3) is 76.9 Å². The zero-order valence-corrected chi connectivity index (χ0v) is 26.5. The molecular formula is C46H29NO2. The fourth-order valence-electron chi connectivity index (χ4n) is 7.35. The Kier molecular flexibility index (Phi) is 6.18. The van der Waals surface area contributed by atoms with Gasteiger partial charge in [-0.2, -0.15) is 0 Å². The number of nitrogens with zero attached hydrogens (tertiary/aromatic N) is 1. The van der Waals surface area contributed by atoms with Crippen molar-refractivity contribution in [2.24, 2.45) is 0 Å². The van der Waals surface area contributed by atoms with Crippen molar-refractivity contribution in [1.82, 2.24) is 0 Å². The number of hydrogen-bond donors (Lipinski definition) is 0. The maximum atomic E-state index is 6.59. The van der Waals surface area contributed by atoms with E-state index in [2.05, 4.69) is 157 Å². The largest absolute Gasteiger partial charge is 0.454 e. The number of fused-ring (bicyclic) bond motifs is 7. The van der Waals surface area contributed by atoms with Gasteiger partial charge in [0.25, 0.3) is 0 Å². The van der Waals surface area contributed by atoms with Gasteiger partial charge >= 0.3 is 0 Å². The van der Waals surface area contributed by atoms with E-state index in [0.29, 0.717) is 0 Å². The molecule has 10 rings (SSSR count). The first kappa shape index (κ1) is 27.5. The Morgan fingerprint density at radius 2 is 0.898 bits per heavy atom. The third-order valence-electron chi connectivity index (χ3n) is 9.67. The average Bonchev–Trinajstić information content (AvgIpc) is 3.75. The summed E-state index contributed by atoms with van der Waals surface area (Å²) in [5.74, 6) is 0. The molecule has 0 saturated heterocycles. The van der Waals surface area contributed by atoms with Gasteiger partial charge in [-0.25, -0.2) is 0 Å². The van der Waals surface area contributed by atoms with Crippen LogP contribution in [0.2, 0.25) is 0 Å². The standard InChI is InChI=1S/C46H29NO2/c1-2-11-31(12-3-1)35-16-8-13-32-23-24-33(29-40(32)35)30-25-27-34(28-26-30)47(41-19-9-17-38-36-14-4-6-21-43(36)48-45(38)41)42-20-10-18-39-37-15-5-7-22-44(37)49-46(39)42/h1-29H. The van der Waals surface area contributed by atoms with Crippen molar-refractivity contribution < 1.29 is 8.83 Å². The van der Waals surface area contributed by atoms with E-state index in [-0.39, 0.29) is 0 Å². The summed E-state index contributed by atoms with van der Waals surface area (Å²) in [4.78, 5) is 2.27. The topological polar surface area (TPSA) is 29.5 Å². The SMILES string of the molecule is c1ccc(-c2cccc3ccc(-c4ccc(N(c5cccc6c5oc5ccccc56)c5cccc6c5oc5ccccc56)cc4)cc23)cc1. The Morgan fingerprint density at radius 1 is 0.347 bits per heavy atom. The van der Waals surface area contributed by atoms with Gasteiger partial charge in [0.05, 0.1) is 11.4 Å². The summed E-state index contributed by atoms with van der Waals surface area (Å²) in [6.07, 6.45) is 0. The van der Waals surface area contributed by atoms with E-state index >= 15 is 0 Å². The van der Waals surface area contributed by atoms with Crippen LogP contribution in [0.4, 0.5) is 17.1 Å². The van der Waals surface area contributed by atoms with Gasteiger partial charge in [-0.15, -0.1) is 0 Å². The molecule has 0 aliphatic carbocycles. The first-order chi connectivity index (χ1) is 24.3. The summed E-state index contributed by atoms with van der Waals surface area (Å²) < 4.78 is 13.2. The lowest BCUT2D eigenvalue weighted by atomic mass is 9.95. The zero-order chi connectivity index (χ0) is 32.3. The highest BCUT2D eigenvalue weighted by Gasteiger charge is 2.23. The second-order valence-corrected chi connectivity index (χ2v) is 12.5. The van der Waals surface area contributed by atoms with Crippen molar-refractivity contribution in [3.05, 3.63) is 176 Å². The molecule has 2 aromatic heterocycles. The average molecular weight is 628 g/mol. The molecule has 3 heteroatoms.